The molecule has 0 fully saturated rings. The smallest absolute Gasteiger partial charge is 0.274 e. The molecule has 3 heterocycles. The first-order valence-electron chi connectivity index (χ1n) is 14.1. The van der Waals surface area contributed by atoms with Gasteiger partial charge in [-0.3, -0.25) is 9.78 Å². The summed E-state index contributed by atoms with van der Waals surface area (Å²) in [4.78, 5) is 29.3. The first-order valence-corrected chi connectivity index (χ1v) is 14.1. The molecule has 2 aromatic carbocycles. The number of rotatable bonds is 12. The zero-order chi connectivity index (χ0) is 27.9. The summed E-state index contributed by atoms with van der Waals surface area (Å²) >= 11 is 0. The number of hydrogen-bond acceptors (Lipinski definition) is 6. The number of amides is 1. The number of carbonyl (C=O) groups excluding carboxylic acids is 1. The second-order valence-electron chi connectivity index (χ2n) is 9.75. The summed E-state index contributed by atoms with van der Waals surface area (Å²) in [6, 6.07) is 21.9. The number of ether oxygens (including phenoxy) is 1. The molecular weight excluding hydrogens is 500 g/mol. The van der Waals surface area contributed by atoms with E-state index in [0.717, 1.165) is 49.1 Å². The second kappa shape index (κ2) is 12.6. The molecule has 8 nitrogen and oxygen atoms in total. The van der Waals surface area contributed by atoms with Crippen LogP contribution in [0.5, 0.6) is 5.88 Å². The number of pyridine rings is 1. The van der Waals surface area contributed by atoms with Crippen molar-refractivity contribution in [1.29, 1.82) is 0 Å². The van der Waals surface area contributed by atoms with Gasteiger partial charge in [-0.2, -0.15) is 4.98 Å². The van der Waals surface area contributed by atoms with E-state index >= 15 is 0 Å². The molecule has 3 aromatic heterocycles. The predicted octanol–water partition coefficient (Wildman–Crippen LogP) is 6.50. The molecule has 1 amide bonds. The van der Waals surface area contributed by atoms with Gasteiger partial charge in [-0.05, 0) is 50.1 Å². The van der Waals surface area contributed by atoms with E-state index in [4.69, 9.17) is 4.74 Å². The number of aromatic nitrogens is 4. The van der Waals surface area contributed by atoms with Crippen LogP contribution in [-0.4, -0.2) is 45.1 Å². The van der Waals surface area contributed by atoms with Crippen LogP contribution in [0.4, 0.5) is 11.6 Å². The van der Waals surface area contributed by atoms with Gasteiger partial charge >= 0.3 is 0 Å². The number of fused-ring (bicyclic) bond motifs is 3. The molecule has 40 heavy (non-hydrogen) atoms. The highest BCUT2D eigenvalue weighted by molar-refractivity contribution is 6.10. The van der Waals surface area contributed by atoms with Gasteiger partial charge in [-0.1, -0.05) is 44.2 Å². The summed E-state index contributed by atoms with van der Waals surface area (Å²) < 4.78 is 8.29. The fourth-order valence-electron chi connectivity index (χ4n) is 5.07. The van der Waals surface area contributed by atoms with Gasteiger partial charge < -0.3 is 19.5 Å². The van der Waals surface area contributed by atoms with Crippen LogP contribution in [0.15, 0.2) is 72.9 Å². The molecule has 5 aromatic rings. The van der Waals surface area contributed by atoms with E-state index in [1.807, 2.05) is 30.3 Å². The molecule has 5 rings (SSSR count). The highest BCUT2D eigenvalue weighted by atomic mass is 16.5. The third-order valence-corrected chi connectivity index (χ3v) is 6.88. The number of para-hydroxylation sites is 1. The van der Waals surface area contributed by atoms with Gasteiger partial charge in [0, 0.05) is 66.0 Å². The van der Waals surface area contributed by atoms with Gasteiger partial charge in [0.2, 0.25) is 11.8 Å². The predicted molar refractivity (Wildman–Crippen MR) is 161 cm³/mol. The van der Waals surface area contributed by atoms with Crippen molar-refractivity contribution in [2.75, 3.05) is 29.9 Å². The maximum Gasteiger partial charge on any atom is 0.274 e. The molecule has 8 heteroatoms. The van der Waals surface area contributed by atoms with Gasteiger partial charge in [0.05, 0.1) is 12.1 Å². The lowest BCUT2D eigenvalue weighted by Crippen LogP contribution is -2.28. The van der Waals surface area contributed by atoms with Gasteiger partial charge in [-0.25, -0.2) is 4.98 Å². The summed E-state index contributed by atoms with van der Waals surface area (Å²) in [7, 11) is 0. The SMILES string of the molecule is CCCN(CCC)c1nc(OCCc2ccccn2)cc(C(=O)Nc2ccc3c4ccccc4n(CC)c3c2)n1. The summed E-state index contributed by atoms with van der Waals surface area (Å²) in [6.07, 6.45) is 4.30. The summed E-state index contributed by atoms with van der Waals surface area (Å²) in [5.41, 5.74) is 4.19. The maximum absolute atomic E-state index is 13.5. The third-order valence-electron chi connectivity index (χ3n) is 6.88. The average molecular weight is 537 g/mol. The Morgan fingerprint density at radius 2 is 1.68 bits per heavy atom. The van der Waals surface area contributed by atoms with E-state index in [0.29, 0.717) is 30.5 Å². The van der Waals surface area contributed by atoms with Crippen molar-refractivity contribution < 1.29 is 9.53 Å². The molecule has 0 spiro atoms. The summed E-state index contributed by atoms with van der Waals surface area (Å²) in [5, 5.41) is 5.43. The van der Waals surface area contributed by atoms with Gasteiger partial charge in [0.15, 0.2) is 0 Å². The first kappa shape index (κ1) is 27.1. The maximum atomic E-state index is 13.5. The Morgan fingerprint density at radius 1 is 0.900 bits per heavy atom. The number of carbonyl (C=O) groups is 1. The zero-order valence-electron chi connectivity index (χ0n) is 23.4. The number of anilines is 2. The Morgan fingerprint density at radius 3 is 2.42 bits per heavy atom. The van der Waals surface area contributed by atoms with Gasteiger partial charge in [0.25, 0.3) is 5.91 Å². The summed E-state index contributed by atoms with van der Waals surface area (Å²) in [5.74, 6) is 0.584. The molecule has 0 saturated heterocycles. The molecule has 0 radical (unpaired) electrons. The quantitative estimate of drug-likeness (QED) is 0.196. The second-order valence-corrected chi connectivity index (χ2v) is 9.75. The molecule has 206 valence electrons. The minimum atomic E-state index is -0.301. The van der Waals surface area contributed by atoms with Crippen LogP contribution in [0.25, 0.3) is 21.8 Å². The van der Waals surface area contributed by atoms with Crippen LogP contribution in [0.2, 0.25) is 0 Å². The molecule has 0 aliphatic rings. The van der Waals surface area contributed by atoms with Crippen LogP contribution in [0, 0.1) is 0 Å². The van der Waals surface area contributed by atoms with Crippen LogP contribution < -0.4 is 15.0 Å². The molecule has 0 saturated carbocycles. The first-order chi connectivity index (χ1) is 19.6. The average Bonchev–Trinajstić information content (AvgIpc) is 3.30. The lowest BCUT2D eigenvalue weighted by molar-refractivity contribution is 0.102. The fourth-order valence-corrected chi connectivity index (χ4v) is 5.07. The minimum absolute atomic E-state index is 0.270. The van der Waals surface area contributed by atoms with Gasteiger partial charge in [0.1, 0.15) is 5.69 Å². The fraction of sp³-hybridized carbons (Fsp3) is 0.312. The van der Waals surface area contributed by atoms with Crippen molar-refractivity contribution in [2.45, 2.75) is 46.6 Å². The van der Waals surface area contributed by atoms with Crippen molar-refractivity contribution in [3.63, 3.8) is 0 Å². The number of nitrogens with one attached hydrogen (secondary N) is 1. The number of hydrogen-bond donors (Lipinski definition) is 1. The molecule has 0 bridgehead atoms. The van der Waals surface area contributed by atoms with Crippen LogP contribution in [0.1, 0.15) is 49.8 Å². The lowest BCUT2D eigenvalue weighted by Gasteiger charge is -2.22. The van der Waals surface area contributed by atoms with Crippen molar-refractivity contribution in [3.8, 4) is 5.88 Å². The van der Waals surface area contributed by atoms with Crippen LogP contribution in [-0.2, 0) is 13.0 Å². The number of benzene rings is 2. The van der Waals surface area contributed by atoms with Crippen molar-refractivity contribution >= 4 is 39.3 Å². The Balaban J connectivity index is 1.42. The number of nitrogens with zero attached hydrogens (tertiary/aromatic N) is 5. The summed E-state index contributed by atoms with van der Waals surface area (Å²) in [6.45, 7) is 9.20. The van der Waals surface area contributed by atoms with E-state index in [2.05, 4.69) is 80.8 Å². The van der Waals surface area contributed by atoms with E-state index in [1.54, 1.807) is 12.3 Å². The normalized spacial score (nSPS) is 11.2. The van der Waals surface area contributed by atoms with E-state index in [9.17, 15) is 4.79 Å². The molecule has 0 aliphatic carbocycles. The molecular formula is C32H36N6O2. The molecule has 0 aliphatic heterocycles. The van der Waals surface area contributed by atoms with Crippen molar-refractivity contribution in [1.82, 2.24) is 19.5 Å². The highest BCUT2D eigenvalue weighted by Crippen LogP contribution is 2.31. The number of aryl methyl sites for hydroxylation is 1. The monoisotopic (exact) mass is 536 g/mol. The molecule has 0 unspecified atom stereocenters. The Bertz CT molecular complexity index is 1590. The highest BCUT2D eigenvalue weighted by Gasteiger charge is 2.18. The zero-order valence-corrected chi connectivity index (χ0v) is 23.4. The largest absolute Gasteiger partial charge is 0.477 e. The van der Waals surface area contributed by atoms with E-state index < -0.39 is 0 Å². The topological polar surface area (TPSA) is 85.2 Å². The van der Waals surface area contributed by atoms with Crippen molar-refractivity contribution in [3.05, 3.63) is 84.3 Å². The van der Waals surface area contributed by atoms with Crippen LogP contribution >= 0.6 is 0 Å². The van der Waals surface area contributed by atoms with E-state index in [-0.39, 0.29) is 11.6 Å². The van der Waals surface area contributed by atoms with Crippen molar-refractivity contribution in [2.24, 2.45) is 0 Å². The lowest BCUT2D eigenvalue weighted by atomic mass is 10.1. The Hall–Kier alpha value is -4.46. The Labute approximate surface area is 235 Å². The molecule has 0 atom stereocenters. The van der Waals surface area contributed by atoms with Crippen LogP contribution in [0.3, 0.4) is 0 Å². The third kappa shape index (κ3) is 5.91. The Kier molecular flexibility index (Phi) is 8.54. The minimum Gasteiger partial charge on any atom is -0.477 e. The van der Waals surface area contributed by atoms with E-state index in [1.165, 1.54) is 10.9 Å². The standard InChI is InChI=1S/C32H36N6O2/c1-4-18-37(19-5-2)32-35-27(22-30(36-32)40-20-16-23-11-9-10-17-33-23)31(39)34-24-14-15-26-25-12-7-8-13-28(25)38(6-3)29(26)21-24/h7-15,17,21-22H,4-6,16,18-20H2,1-3H3,(H,34,39). The van der Waals surface area contributed by atoms with Gasteiger partial charge in [-0.15, -0.1) is 0 Å². The molecule has 1 N–H and O–H groups in total.